The fourth-order valence-corrected chi connectivity index (χ4v) is 4.38. The van der Waals surface area contributed by atoms with Gasteiger partial charge in [-0.25, -0.2) is 14.8 Å². The third-order valence-corrected chi connectivity index (χ3v) is 6.04. The van der Waals surface area contributed by atoms with Crippen LogP contribution in [0, 0.1) is 0 Å². The molecule has 1 aromatic heterocycles. The van der Waals surface area contributed by atoms with Gasteiger partial charge in [-0.15, -0.1) is 0 Å². The normalized spacial score (nSPS) is 16.0. The number of amides is 2. The number of carbonyl (C=O) groups excluding carboxylic acids is 1. The first-order chi connectivity index (χ1) is 15.3. The zero-order chi connectivity index (χ0) is 21.0. The number of benzene rings is 2. The first kappa shape index (κ1) is 19.5. The van der Waals surface area contributed by atoms with Gasteiger partial charge in [0.25, 0.3) is 0 Å². The summed E-state index contributed by atoms with van der Waals surface area (Å²) in [6.45, 7) is 3.20. The molecule has 0 saturated carbocycles. The number of hydrogen-bond acceptors (Lipinski definition) is 4. The molecule has 0 atom stereocenters. The number of piperidine rings is 1. The molecule has 2 aliphatic heterocycles. The van der Waals surface area contributed by atoms with E-state index in [-0.39, 0.29) is 6.03 Å². The molecule has 0 bridgehead atoms. The lowest BCUT2D eigenvalue weighted by Crippen LogP contribution is -2.41. The van der Waals surface area contributed by atoms with Crippen molar-refractivity contribution in [1.29, 1.82) is 0 Å². The van der Waals surface area contributed by atoms with Crippen LogP contribution in [-0.2, 0) is 13.0 Å². The Morgan fingerprint density at radius 3 is 2.29 bits per heavy atom. The highest BCUT2D eigenvalue weighted by atomic mass is 16.2. The number of anilines is 2. The maximum Gasteiger partial charge on any atom is 0.322 e. The van der Waals surface area contributed by atoms with E-state index in [4.69, 9.17) is 9.97 Å². The first-order valence-electron chi connectivity index (χ1n) is 11.1. The fourth-order valence-electron chi connectivity index (χ4n) is 4.38. The van der Waals surface area contributed by atoms with Crippen molar-refractivity contribution in [2.45, 2.75) is 32.2 Å². The van der Waals surface area contributed by atoms with E-state index in [1.165, 1.54) is 19.3 Å². The van der Waals surface area contributed by atoms with Gasteiger partial charge in [0.1, 0.15) is 5.82 Å². The van der Waals surface area contributed by atoms with Gasteiger partial charge < -0.3 is 15.1 Å². The van der Waals surface area contributed by atoms with E-state index in [0.29, 0.717) is 13.1 Å². The zero-order valence-corrected chi connectivity index (χ0v) is 17.6. The summed E-state index contributed by atoms with van der Waals surface area (Å²) in [5.41, 5.74) is 4.01. The summed E-state index contributed by atoms with van der Waals surface area (Å²) in [5, 5.41) is 3.01. The lowest BCUT2D eigenvalue weighted by atomic mass is 10.0. The maximum atomic E-state index is 12.9. The second-order valence-corrected chi connectivity index (χ2v) is 8.18. The number of aromatic nitrogens is 2. The van der Waals surface area contributed by atoms with Crippen molar-refractivity contribution >= 4 is 17.5 Å². The number of hydrogen-bond donors (Lipinski definition) is 1. The number of nitrogens with one attached hydrogen (secondary N) is 1. The Labute approximate surface area is 182 Å². The molecule has 2 aromatic carbocycles. The molecule has 2 amide bonds. The van der Waals surface area contributed by atoms with E-state index in [1.807, 2.05) is 53.4 Å². The summed E-state index contributed by atoms with van der Waals surface area (Å²) < 4.78 is 0. The highest BCUT2D eigenvalue weighted by Crippen LogP contribution is 2.31. The van der Waals surface area contributed by atoms with Crippen LogP contribution in [0.2, 0.25) is 0 Å². The highest BCUT2D eigenvalue weighted by Gasteiger charge is 2.28. The molecule has 6 nitrogen and oxygen atoms in total. The molecule has 158 valence electrons. The van der Waals surface area contributed by atoms with Crippen molar-refractivity contribution in [2.75, 3.05) is 29.9 Å². The Morgan fingerprint density at radius 1 is 0.839 bits per heavy atom. The molecule has 0 radical (unpaired) electrons. The molecule has 6 heteroatoms. The summed E-state index contributed by atoms with van der Waals surface area (Å²) in [4.78, 5) is 27.1. The lowest BCUT2D eigenvalue weighted by molar-refractivity contribution is 0.206. The summed E-state index contributed by atoms with van der Waals surface area (Å²) in [7, 11) is 0. The molecule has 1 saturated heterocycles. The Balaban J connectivity index is 1.46. The minimum absolute atomic E-state index is 0.0754. The number of urea groups is 1. The van der Waals surface area contributed by atoms with E-state index in [0.717, 1.165) is 53.7 Å². The topological polar surface area (TPSA) is 61.4 Å². The minimum Gasteiger partial charge on any atom is -0.356 e. The van der Waals surface area contributed by atoms with Gasteiger partial charge in [-0.3, -0.25) is 0 Å². The van der Waals surface area contributed by atoms with Gasteiger partial charge in [-0.2, -0.15) is 0 Å². The zero-order valence-electron chi connectivity index (χ0n) is 17.6. The summed E-state index contributed by atoms with van der Waals surface area (Å²) in [6.07, 6.45) is 4.36. The standard InChI is InChI=1S/C25H27N5O/c31-25(26-20-12-6-2-7-13-20)30-17-14-22-21(18-30)24(29-15-8-3-9-16-29)28-23(27-22)19-10-4-1-5-11-19/h1-2,4-7,10-13H,3,8-9,14-18H2,(H,26,31). The van der Waals surface area contributed by atoms with Crippen molar-refractivity contribution in [3.05, 3.63) is 71.9 Å². The van der Waals surface area contributed by atoms with Crippen molar-refractivity contribution in [3.8, 4) is 11.4 Å². The van der Waals surface area contributed by atoms with E-state index in [9.17, 15) is 4.79 Å². The Bertz CT molecular complexity index is 1050. The predicted octanol–water partition coefficient (Wildman–Crippen LogP) is 4.72. The first-order valence-corrected chi connectivity index (χ1v) is 11.1. The molecular weight excluding hydrogens is 386 g/mol. The molecule has 1 N–H and O–H groups in total. The molecule has 0 unspecified atom stereocenters. The van der Waals surface area contributed by atoms with Crippen LogP contribution in [0.3, 0.4) is 0 Å². The van der Waals surface area contributed by atoms with Crippen molar-refractivity contribution in [2.24, 2.45) is 0 Å². The molecular formula is C25H27N5O. The average molecular weight is 414 g/mol. The van der Waals surface area contributed by atoms with Gasteiger partial charge in [-0.05, 0) is 31.4 Å². The van der Waals surface area contributed by atoms with Crippen LogP contribution in [0.25, 0.3) is 11.4 Å². The number of fused-ring (bicyclic) bond motifs is 1. The molecule has 0 aliphatic carbocycles. The second-order valence-electron chi connectivity index (χ2n) is 8.18. The van der Waals surface area contributed by atoms with Gasteiger partial charge in [0.05, 0.1) is 12.2 Å². The maximum absolute atomic E-state index is 12.9. The third-order valence-electron chi connectivity index (χ3n) is 6.04. The average Bonchev–Trinajstić information content (AvgIpc) is 2.84. The molecule has 3 aromatic rings. The van der Waals surface area contributed by atoms with Crippen LogP contribution >= 0.6 is 0 Å². The van der Waals surface area contributed by atoms with Crippen molar-refractivity contribution < 1.29 is 4.79 Å². The fraction of sp³-hybridized carbons (Fsp3) is 0.320. The van der Waals surface area contributed by atoms with Crippen LogP contribution in [0.15, 0.2) is 60.7 Å². The summed E-state index contributed by atoms with van der Waals surface area (Å²) >= 11 is 0. The van der Waals surface area contributed by atoms with E-state index in [2.05, 4.69) is 22.3 Å². The van der Waals surface area contributed by atoms with Gasteiger partial charge >= 0.3 is 6.03 Å². The Morgan fingerprint density at radius 2 is 1.55 bits per heavy atom. The van der Waals surface area contributed by atoms with E-state index >= 15 is 0 Å². The van der Waals surface area contributed by atoms with E-state index in [1.54, 1.807) is 0 Å². The van der Waals surface area contributed by atoms with Crippen LogP contribution in [0.1, 0.15) is 30.5 Å². The van der Waals surface area contributed by atoms with E-state index < -0.39 is 0 Å². The molecule has 2 aliphatic rings. The third kappa shape index (κ3) is 4.24. The SMILES string of the molecule is O=C(Nc1ccccc1)N1CCc2nc(-c3ccccc3)nc(N3CCCCC3)c2C1. The van der Waals surface area contributed by atoms with Crippen LogP contribution in [-0.4, -0.2) is 40.5 Å². The van der Waals surface area contributed by atoms with Gasteiger partial charge in [-0.1, -0.05) is 48.5 Å². The smallest absolute Gasteiger partial charge is 0.322 e. The molecule has 5 rings (SSSR count). The molecule has 31 heavy (non-hydrogen) atoms. The number of carbonyl (C=O) groups is 1. The second kappa shape index (κ2) is 8.76. The highest BCUT2D eigenvalue weighted by molar-refractivity contribution is 5.89. The van der Waals surface area contributed by atoms with Gasteiger partial charge in [0, 0.05) is 42.9 Å². The van der Waals surface area contributed by atoms with Gasteiger partial charge in [0.2, 0.25) is 0 Å². The summed E-state index contributed by atoms with van der Waals surface area (Å²) in [5.74, 6) is 1.78. The van der Waals surface area contributed by atoms with Crippen molar-refractivity contribution in [1.82, 2.24) is 14.9 Å². The number of rotatable bonds is 3. The lowest BCUT2D eigenvalue weighted by Gasteiger charge is -2.34. The van der Waals surface area contributed by atoms with Crippen LogP contribution in [0.4, 0.5) is 16.3 Å². The largest absolute Gasteiger partial charge is 0.356 e. The molecule has 1 fully saturated rings. The monoisotopic (exact) mass is 413 g/mol. The molecule has 0 spiro atoms. The quantitative estimate of drug-likeness (QED) is 0.675. The van der Waals surface area contributed by atoms with Crippen LogP contribution < -0.4 is 10.2 Å². The number of para-hydroxylation sites is 1. The predicted molar refractivity (Wildman–Crippen MR) is 123 cm³/mol. The van der Waals surface area contributed by atoms with Crippen molar-refractivity contribution in [3.63, 3.8) is 0 Å². The molecule has 3 heterocycles. The minimum atomic E-state index is -0.0754. The Kier molecular flexibility index (Phi) is 5.52. The number of nitrogens with zero attached hydrogens (tertiary/aromatic N) is 4. The summed E-state index contributed by atoms with van der Waals surface area (Å²) in [6, 6.07) is 19.7. The van der Waals surface area contributed by atoms with Gasteiger partial charge in [0.15, 0.2) is 5.82 Å². The van der Waals surface area contributed by atoms with Crippen LogP contribution in [0.5, 0.6) is 0 Å². The Hall–Kier alpha value is -3.41.